The van der Waals surface area contributed by atoms with Gasteiger partial charge in [-0.25, -0.2) is 0 Å². The van der Waals surface area contributed by atoms with Crippen LogP contribution in [0.4, 0.5) is 11.4 Å². The number of benzene rings is 1. The summed E-state index contributed by atoms with van der Waals surface area (Å²) in [6.07, 6.45) is 0. The molecule has 20 heavy (non-hydrogen) atoms. The molecule has 2 N–H and O–H groups in total. The molecule has 0 saturated heterocycles. The minimum absolute atomic E-state index is 0.0489. The SMILES string of the molecule is COCCNC(=O)C(C)Nc1cc(C)ccc1[N+](=O)[O-]. The predicted octanol–water partition coefficient (Wildman–Crippen LogP) is 1.47. The van der Waals surface area contributed by atoms with Crippen molar-refractivity contribution in [3.05, 3.63) is 33.9 Å². The van der Waals surface area contributed by atoms with Crippen LogP contribution in [0.25, 0.3) is 0 Å². The van der Waals surface area contributed by atoms with E-state index < -0.39 is 11.0 Å². The Hall–Kier alpha value is -2.15. The summed E-state index contributed by atoms with van der Waals surface area (Å²) in [5.41, 5.74) is 1.17. The van der Waals surface area contributed by atoms with Crippen LogP contribution in [-0.2, 0) is 9.53 Å². The van der Waals surface area contributed by atoms with Gasteiger partial charge in [0.15, 0.2) is 0 Å². The first-order chi connectivity index (χ1) is 9.45. The Bertz CT molecular complexity index is 491. The van der Waals surface area contributed by atoms with E-state index in [0.29, 0.717) is 18.8 Å². The molecule has 0 aromatic heterocycles. The van der Waals surface area contributed by atoms with E-state index in [1.54, 1.807) is 26.2 Å². The molecule has 0 bridgehead atoms. The number of ether oxygens (including phenoxy) is 1. The van der Waals surface area contributed by atoms with Gasteiger partial charge in [0.25, 0.3) is 5.69 Å². The number of nitro benzene ring substituents is 1. The van der Waals surface area contributed by atoms with Gasteiger partial charge in [-0.15, -0.1) is 0 Å². The van der Waals surface area contributed by atoms with Gasteiger partial charge in [-0.05, 0) is 25.5 Å². The van der Waals surface area contributed by atoms with Crippen molar-refractivity contribution in [1.29, 1.82) is 0 Å². The molecule has 0 spiro atoms. The van der Waals surface area contributed by atoms with E-state index >= 15 is 0 Å². The number of anilines is 1. The lowest BCUT2D eigenvalue weighted by atomic mass is 10.1. The maximum absolute atomic E-state index is 11.8. The molecule has 0 heterocycles. The maximum atomic E-state index is 11.8. The summed E-state index contributed by atoms with van der Waals surface area (Å²) in [6, 6.07) is 4.16. The topological polar surface area (TPSA) is 93.5 Å². The van der Waals surface area contributed by atoms with Crippen molar-refractivity contribution in [1.82, 2.24) is 5.32 Å². The Morgan fingerprint density at radius 3 is 2.80 bits per heavy atom. The monoisotopic (exact) mass is 281 g/mol. The summed E-state index contributed by atoms with van der Waals surface area (Å²) in [7, 11) is 1.55. The molecule has 0 fully saturated rings. The number of carbonyl (C=O) groups excluding carboxylic acids is 1. The first kappa shape index (κ1) is 15.9. The van der Waals surface area contributed by atoms with Gasteiger partial charge in [-0.2, -0.15) is 0 Å². The molecule has 0 aliphatic carbocycles. The van der Waals surface area contributed by atoms with E-state index in [4.69, 9.17) is 4.74 Å². The van der Waals surface area contributed by atoms with E-state index in [1.807, 2.05) is 6.92 Å². The fraction of sp³-hybridized carbons (Fsp3) is 0.462. The lowest BCUT2D eigenvalue weighted by Gasteiger charge is -2.15. The van der Waals surface area contributed by atoms with Crippen LogP contribution in [0, 0.1) is 17.0 Å². The van der Waals surface area contributed by atoms with Crippen molar-refractivity contribution >= 4 is 17.3 Å². The molecule has 1 aromatic rings. The largest absolute Gasteiger partial charge is 0.383 e. The summed E-state index contributed by atoms with van der Waals surface area (Å²) in [5, 5.41) is 16.5. The van der Waals surface area contributed by atoms with Crippen molar-refractivity contribution < 1.29 is 14.5 Å². The van der Waals surface area contributed by atoms with Crippen molar-refractivity contribution in [2.75, 3.05) is 25.6 Å². The lowest BCUT2D eigenvalue weighted by Crippen LogP contribution is -2.39. The van der Waals surface area contributed by atoms with Crippen LogP contribution in [0.15, 0.2) is 18.2 Å². The van der Waals surface area contributed by atoms with Gasteiger partial charge < -0.3 is 15.4 Å². The third-order valence-corrected chi connectivity index (χ3v) is 2.72. The molecule has 0 radical (unpaired) electrons. The lowest BCUT2D eigenvalue weighted by molar-refractivity contribution is -0.384. The minimum Gasteiger partial charge on any atom is -0.383 e. The zero-order valence-corrected chi connectivity index (χ0v) is 11.8. The van der Waals surface area contributed by atoms with Crippen LogP contribution in [0.5, 0.6) is 0 Å². The first-order valence-corrected chi connectivity index (χ1v) is 6.24. The molecule has 1 aromatic carbocycles. The van der Waals surface area contributed by atoms with Crippen molar-refractivity contribution in [3.63, 3.8) is 0 Å². The third-order valence-electron chi connectivity index (χ3n) is 2.72. The molecule has 0 aliphatic rings. The predicted molar refractivity (Wildman–Crippen MR) is 75.8 cm³/mol. The molecule has 110 valence electrons. The number of carbonyl (C=O) groups is 1. The average molecular weight is 281 g/mol. The highest BCUT2D eigenvalue weighted by molar-refractivity contribution is 5.85. The molecular weight excluding hydrogens is 262 g/mol. The third kappa shape index (κ3) is 4.51. The van der Waals surface area contributed by atoms with Gasteiger partial charge in [-0.3, -0.25) is 14.9 Å². The van der Waals surface area contributed by atoms with E-state index in [9.17, 15) is 14.9 Å². The van der Waals surface area contributed by atoms with Crippen LogP contribution >= 0.6 is 0 Å². The van der Waals surface area contributed by atoms with Gasteiger partial charge in [0.1, 0.15) is 11.7 Å². The minimum atomic E-state index is -0.577. The van der Waals surface area contributed by atoms with Crippen LogP contribution in [-0.4, -0.2) is 37.1 Å². The Balaban J connectivity index is 2.74. The van der Waals surface area contributed by atoms with Crippen LogP contribution in [0.3, 0.4) is 0 Å². The normalized spacial score (nSPS) is 11.8. The van der Waals surface area contributed by atoms with Gasteiger partial charge in [0, 0.05) is 19.7 Å². The van der Waals surface area contributed by atoms with Gasteiger partial charge in [0.05, 0.1) is 11.5 Å². The standard InChI is InChI=1S/C13H19N3O4/c1-9-4-5-12(16(18)19)11(8-9)15-10(2)13(17)14-6-7-20-3/h4-5,8,10,15H,6-7H2,1-3H3,(H,14,17). The molecule has 0 saturated carbocycles. The average Bonchev–Trinajstić information content (AvgIpc) is 2.38. The second-order valence-corrected chi connectivity index (χ2v) is 4.43. The molecule has 7 nitrogen and oxygen atoms in total. The highest BCUT2D eigenvalue weighted by Crippen LogP contribution is 2.25. The number of nitrogens with one attached hydrogen (secondary N) is 2. The number of aryl methyl sites for hydroxylation is 1. The summed E-state index contributed by atoms with van der Waals surface area (Å²) in [5.74, 6) is -0.238. The molecule has 1 rings (SSSR count). The zero-order chi connectivity index (χ0) is 15.1. The number of amides is 1. The maximum Gasteiger partial charge on any atom is 0.292 e. The summed E-state index contributed by atoms with van der Waals surface area (Å²) in [4.78, 5) is 22.3. The Morgan fingerprint density at radius 1 is 1.50 bits per heavy atom. The van der Waals surface area contributed by atoms with Gasteiger partial charge >= 0.3 is 0 Å². The van der Waals surface area contributed by atoms with E-state index in [-0.39, 0.29) is 11.6 Å². The summed E-state index contributed by atoms with van der Waals surface area (Å²) >= 11 is 0. The molecule has 0 aliphatic heterocycles. The fourth-order valence-electron chi connectivity index (χ4n) is 1.65. The Kier molecular flexibility index (Phi) is 5.92. The highest BCUT2D eigenvalue weighted by atomic mass is 16.6. The smallest absolute Gasteiger partial charge is 0.292 e. The number of methoxy groups -OCH3 is 1. The second-order valence-electron chi connectivity index (χ2n) is 4.43. The molecule has 1 amide bonds. The molecular formula is C13H19N3O4. The summed E-state index contributed by atoms with van der Waals surface area (Å²) < 4.78 is 4.83. The second kappa shape index (κ2) is 7.44. The summed E-state index contributed by atoms with van der Waals surface area (Å²) in [6.45, 7) is 4.30. The van der Waals surface area contributed by atoms with E-state index in [0.717, 1.165) is 5.56 Å². The number of hydrogen-bond acceptors (Lipinski definition) is 5. The van der Waals surface area contributed by atoms with Crippen molar-refractivity contribution in [3.8, 4) is 0 Å². The number of rotatable bonds is 7. The zero-order valence-electron chi connectivity index (χ0n) is 11.8. The molecule has 1 atom stereocenters. The van der Waals surface area contributed by atoms with Crippen LogP contribution in [0.1, 0.15) is 12.5 Å². The quantitative estimate of drug-likeness (QED) is 0.448. The number of nitro groups is 1. The van der Waals surface area contributed by atoms with Gasteiger partial charge in [-0.1, -0.05) is 6.07 Å². The van der Waals surface area contributed by atoms with Crippen LogP contribution < -0.4 is 10.6 Å². The Morgan fingerprint density at radius 2 is 2.20 bits per heavy atom. The first-order valence-electron chi connectivity index (χ1n) is 6.24. The van der Waals surface area contributed by atoms with E-state index in [1.165, 1.54) is 6.07 Å². The van der Waals surface area contributed by atoms with Crippen molar-refractivity contribution in [2.24, 2.45) is 0 Å². The van der Waals surface area contributed by atoms with Crippen LogP contribution in [0.2, 0.25) is 0 Å². The number of hydrogen-bond donors (Lipinski definition) is 2. The van der Waals surface area contributed by atoms with E-state index in [2.05, 4.69) is 10.6 Å². The Labute approximate surface area is 117 Å². The number of nitrogens with zero attached hydrogens (tertiary/aromatic N) is 1. The molecule has 1 unspecified atom stereocenters. The molecule has 7 heteroatoms. The van der Waals surface area contributed by atoms with Crippen molar-refractivity contribution in [2.45, 2.75) is 19.9 Å². The van der Waals surface area contributed by atoms with Gasteiger partial charge in [0.2, 0.25) is 5.91 Å². The highest BCUT2D eigenvalue weighted by Gasteiger charge is 2.18. The fourth-order valence-corrected chi connectivity index (χ4v) is 1.65.